The lowest BCUT2D eigenvalue weighted by atomic mass is 9.68. The van der Waals surface area contributed by atoms with Crippen molar-refractivity contribution in [3.05, 3.63) is 117 Å². The first-order chi connectivity index (χ1) is 20.6. The summed E-state index contributed by atoms with van der Waals surface area (Å²) < 4.78 is 5.58. The number of benzene rings is 3. The molecule has 1 N–H and O–H groups in total. The fourth-order valence-electron chi connectivity index (χ4n) is 6.72. The highest BCUT2D eigenvalue weighted by Gasteiger charge is 2.46. The van der Waals surface area contributed by atoms with E-state index in [1.165, 1.54) is 6.92 Å². The Hall–Kier alpha value is -5.11. The number of dihydropyridines is 1. The Morgan fingerprint density at radius 1 is 0.814 bits per heavy atom. The third-order valence-electron chi connectivity index (χ3n) is 8.71. The summed E-state index contributed by atoms with van der Waals surface area (Å²) in [4.78, 5) is 66.9. The predicted molar refractivity (Wildman–Crippen MR) is 157 cm³/mol. The lowest BCUT2D eigenvalue weighted by molar-refractivity contribution is -0.138. The van der Waals surface area contributed by atoms with Crippen LogP contribution >= 0.6 is 0 Å². The van der Waals surface area contributed by atoms with Crippen LogP contribution in [0.5, 0.6) is 5.75 Å². The molecule has 0 saturated heterocycles. The van der Waals surface area contributed by atoms with Gasteiger partial charge in [0, 0.05) is 40.3 Å². The van der Waals surface area contributed by atoms with Crippen LogP contribution < -0.4 is 10.1 Å². The molecule has 2 aliphatic heterocycles. The maximum absolute atomic E-state index is 13.7. The van der Waals surface area contributed by atoms with E-state index in [4.69, 9.17) is 4.74 Å². The highest BCUT2D eigenvalue weighted by atomic mass is 16.5. The number of hydrogen-bond donors (Lipinski definition) is 1. The molecule has 0 spiro atoms. The molecule has 7 rings (SSSR count). The third-order valence-corrected chi connectivity index (χ3v) is 8.71. The van der Waals surface area contributed by atoms with Gasteiger partial charge in [0.1, 0.15) is 11.8 Å². The van der Waals surface area contributed by atoms with Gasteiger partial charge in [-0.3, -0.25) is 24.1 Å². The molecule has 0 saturated carbocycles. The molecule has 0 aromatic heterocycles. The van der Waals surface area contributed by atoms with E-state index < -0.39 is 29.7 Å². The molecule has 2 atom stereocenters. The molecule has 3 aromatic rings. The lowest BCUT2D eigenvalue weighted by Crippen LogP contribution is -2.44. The Labute approximate surface area is 248 Å². The third kappa shape index (κ3) is 4.08. The predicted octanol–water partition coefficient (Wildman–Crippen LogP) is 5.21. The van der Waals surface area contributed by atoms with E-state index in [-0.39, 0.29) is 33.9 Å². The topological polar surface area (TPSA) is 110 Å². The SMILES string of the molecule is C[C@@H](C(=O)Oc1ccc([C@@H]2C3=C(CC(C)(C)CC3=O)NC3=C2C(=O)c2ccccc23)cc1)N1C(=O)c2ccccc2C1=O. The van der Waals surface area contributed by atoms with Crippen molar-refractivity contribution >= 4 is 35.0 Å². The zero-order chi connectivity index (χ0) is 30.2. The van der Waals surface area contributed by atoms with Crippen LogP contribution in [0.1, 0.15) is 81.7 Å². The number of nitrogens with zero attached hydrogens (tertiary/aromatic N) is 1. The number of nitrogens with one attached hydrogen (secondary N) is 1. The second kappa shape index (κ2) is 9.46. The molecule has 2 aliphatic carbocycles. The van der Waals surface area contributed by atoms with Gasteiger partial charge in [-0.2, -0.15) is 0 Å². The van der Waals surface area contributed by atoms with Gasteiger partial charge in [-0.15, -0.1) is 0 Å². The average molecular weight is 573 g/mol. The minimum Gasteiger partial charge on any atom is -0.425 e. The molecule has 214 valence electrons. The summed E-state index contributed by atoms with van der Waals surface area (Å²) in [5.41, 5.74) is 5.15. The zero-order valence-corrected chi connectivity index (χ0v) is 23.9. The summed E-state index contributed by atoms with van der Waals surface area (Å²) in [6.07, 6.45) is 1.04. The lowest BCUT2D eigenvalue weighted by Gasteiger charge is -2.39. The van der Waals surface area contributed by atoms with Crippen molar-refractivity contribution in [2.75, 3.05) is 0 Å². The van der Waals surface area contributed by atoms with Crippen LogP contribution in [-0.4, -0.2) is 40.3 Å². The molecular weight excluding hydrogens is 544 g/mol. The van der Waals surface area contributed by atoms with Gasteiger partial charge < -0.3 is 10.1 Å². The summed E-state index contributed by atoms with van der Waals surface area (Å²) in [6, 6.07) is 19.5. The van der Waals surface area contributed by atoms with E-state index in [0.717, 1.165) is 27.4 Å². The first-order valence-electron chi connectivity index (χ1n) is 14.3. The van der Waals surface area contributed by atoms with Gasteiger partial charge in [0.05, 0.1) is 16.8 Å². The van der Waals surface area contributed by atoms with Crippen LogP contribution in [-0.2, 0) is 9.59 Å². The number of carbonyl (C=O) groups is 5. The summed E-state index contributed by atoms with van der Waals surface area (Å²) >= 11 is 0. The molecule has 0 bridgehead atoms. The maximum Gasteiger partial charge on any atom is 0.334 e. The molecule has 3 aromatic carbocycles. The van der Waals surface area contributed by atoms with Gasteiger partial charge in [0.25, 0.3) is 11.8 Å². The van der Waals surface area contributed by atoms with E-state index >= 15 is 0 Å². The molecule has 8 nitrogen and oxygen atoms in total. The largest absolute Gasteiger partial charge is 0.425 e. The number of allylic oxidation sites excluding steroid dienone is 3. The summed E-state index contributed by atoms with van der Waals surface area (Å²) in [5.74, 6) is -2.31. The Kier molecular flexibility index (Phi) is 5.89. The van der Waals surface area contributed by atoms with Crippen molar-refractivity contribution in [2.45, 2.75) is 45.6 Å². The van der Waals surface area contributed by atoms with Gasteiger partial charge in [0.2, 0.25) is 0 Å². The van der Waals surface area contributed by atoms with Crippen molar-refractivity contribution in [2.24, 2.45) is 5.41 Å². The molecule has 0 unspecified atom stereocenters. The molecule has 2 amide bonds. The number of rotatable bonds is 4. The normalized spacial score (nSPS) is 20.8. The van der Waals surface area contributed by atoms with Crippen LogP contribution in [0.2, 0.25) is 0 Å². The van der Waals surface area contributed by atoms with E-state index in [1.807, 2.05) is 18.2 Å². The van der Waals surface area contributed by atoms with Crippen LogP contribution in [0.15, 0.2) is 89.6 Å². The first-order valence-corrected chi connectivity index (χ1v) is 14.3. The number of fused-ring (bicyclic) bond motifs is 3. The number of amides is 2. The van der Waals surface area contributed by atoms with Crippen LogP contribution in [0.25, 0.3) is 5.70 Å². The van der Waals surface area contributed by atoms with E-state index in [1.54, 1.807) is 54.6 Å². The smallest absolute Gasteiger partial charge is 0.334 e. The van der Waals surface area contributed by atoms with Crippen LogP contribution in [0.3, 0.4) is 0 Å². The maximum atomic E-state index is 13.7. The van der Waals surface area contributed by atoms with E-state index in [0.29, 0.717) is 29.6 Å². The number of hydrogen-bond acceptors (Lipinski definition) is 7. The molecule has 0 fully saturated rings. The van der Waals surface area contributed by atoms with Crippen molar-refractivity contribution in [1.29, 1.82) is 0 Å². The van der Waals surface area contributed by atoms with Gasteiger partial charge in [-0.25, -0.2) is 4.79 Å². The molecule has 8 heteroatoms. The average Bonchev–Trinajstić information content (AvgIpc) is 3.41. The fourth-order valence-corrected chi connectivity index (χ4v) is 6.72. The second-order valence-corrected chi connectivity index (χ2v) is 12.2. The number of carbonyl (C=O) groups excluding carboxylic acids is 5. The minimum absolute atomic E-state index is 0.00401. The number of ketones is 2. The molecular formula is C35H28N2O6. The highest BCUT2D eigenvalue weighted by Crippen LogP contribution is 2.51. The number of esters is 1. The molecule has 0 radical (unpaired) electrons. The number of Topliss-reactive ketones (excluding diaryl/α,β-unsaturated/α-hetero) is 2. The minimum atomic E-state index is -1.14. The van der Waals surface area contributed by atoms with Crippen LogP contribution in [0, 0.1) is 5.41 Å². The number of ether oxygens (including phenoxy) is 1. The van der Waals surface area contributed by atoms with Crippen LogP contribution in [0.4, 0.5) is 0 Å². The summed E-state index contributed by atoms with van der Waals surface area (Å²) in [7, 11) is 0. The first kappa shape index (κ1) is 26.8. The van der Waals surface area contributed by atoms with Crippen molar-refractivity contribution in [3.8, 4) is 5.75 Å². The van der Waals surface area contributed by atoms with Gasteiger partial charge >= 0.3 is 5.97 Å². The van der Waals surface area contributed by atoms with Gasteiger partial charge in [0.15, 0.2) is 11.6 Å². The van der Waals surface area contributed by atoms with Crippen molar-refractivity contribution < 1.29 is 28.7 Å². The Balaban J connectivity index is 1.19. The molecule has 2 heterocycles. The second-order valence-electron chi connectivity index (χ2n) is 12.2. The van der Waals surface area contributed by atoms with Crippen molar-refractivity contribution in [1.82, 2.24) is 10.2 Å². The quantitative estimate of drug-likeness (QED) is 0.260. The Morgan fingerprint density at radius 3 is 2.02 bits per heavy atom. The number of imide groups is 1. The van der Waals surface area contributed by atoms with E-state index in [9.17, 15) is 24.0 Å². The van der Waals surface area contributed by atoms with E-state index in [2.05, 4.69) is 19.2 Å². The summed E-state index contributed by atoms with van der Waals surface area (Å²) in [5, 5.41) is 3.47. The fraction of sp³-hybridized carbons (Fsp3) is 0.229. The Morgan fingerprint density at radius 2 is 1.40 bits per heavy atom. The Bertz CT molecular complexity index is 1830. The summed E-state index contributed by atoms with van der Waals surface area (Å²) in [6.45, 7) is 5.58. The standard InChI is InChI=1S/C35H28N2O6/c1-18(37-32(40)23-10-6-7-11-24(23)33(37)41)34(42)43-20-14-12-19(13-15-20)27-28-25(16-35(2,3)17-26(28)38)36-30-21-8-4-5-9-22(21)31(39)29(27)30/h4-15,18,27,36H,16-17H2,1-3H3/t18-,27+/m0/s1. The van der Waals surface area contributed by atoms with Gasteiger partial charge in [-0.05, 0) is 48.6 Å². The molecule has 4 aliphatic rings. The monoisotopic (exact) mass is 572 g/mol. The van der Waals surface area contributed by atoms with Crippen molar-refractivity contribution in [3.63, 3.8) is 0 Å². The molecule has 43 heavy (non-hydrogen) atoms. The van der Waals surface area contributed by atoms with Gasteiger partial charge in [-0.1, -0.05) is 62.4 Å². The zero-order valence-electron chi connectivity index (χ0n) is 23.9. The highest BCUT2D eigenvalue weighted by molar-refractivity contribution is 6.24.